The highest BCUT2D eigenvalue weighted by molar-refractivity contribution is 8.18. The molecule has 0 saturated carbocycles. The molecule has 1 fully saturated rings. The van der Waals surface area contributed by atoms with Crippen molar-refractivity contribution in [3.05, 3.63) is 98.4 Å². The molecule has 10 heteroatoms. The van der Waals surface area contributed by atoms with Gasteiger partial charge in [0.15, 0.2) is 11.5 Å². The van der Waals surface area contributed by atoms with E-state index in [1.54, 1.807) is 24.3 Å². The molecule has 1 heterocycles. The number of nitrogens with zero attached hydrogens (tertiary/aromatic N) is 2. The molecule has 0 atom stereocenters. The summed E-state index contributed by atoms with van der Waals surface area (Å²) < 4.78 is 17.5. The molecular weight excluding hydrogens is 544 g/mol. The summed E-state index contributed by atoms with van der Waals surface area (Å²) in [5.74, 6) is 1.40. The molecule has 0 aliphatic carbocycles. The number of thioether (sulfide) groups is 1. The molecule has 3 aromatic carbocycles. The van der Waals surface area contributed by atoms with E-state index < -0.39 is 16.1 Å². The van der Waals surface area contributed by atoms with Crippen molar-refractivity contribution in [2.75, 3.05) is 19.8 Å². The second-order valence-corrected chi connectivity index (χ2v) is 11.3. The number of imide groups is 1. The molecule has 0 bridgehead atoms. The predicted octanol–water partition coefficient (Wildman–Crippen LogP) is 6.99. The quantitative estimate of drug-likeness (QED) is 0.104. The van der Waals surface area contributed by atoms with Crippen LogP contribution >= 0.6 is 11.8 Å². The topological polar surface area (TPSA) is 108 Å². The first-order valence-corrected chi connectivity index (χ1v) is 14.0. The molecule has 1 aliphatic heterocycles. The zero-order chi connectivity index (χ0) is 29.6. The standard InChI is InChI=1S/C31H32N2O7S/c1-5-38-27-18-22(8-15-26(27)40-17-16-39-25-13-9-23(10-14-25)31(2,3)4)19-28-29(34)32(30(35)41-28)20-21-6-11-24(12-7-21)33(36)37/h6-15,18-19H,5,16-17,20H2,1-4H3/b28-19-. The van der Waals surface area contributed by atoms with Gasteiger partial charge in [0, 0.05) is 12.1 Å². The number of hydrogen-bond acceptors (Lipinski definition) is 8. The monoisotopic (exact) mass is 576 g/mol. The maximum absolute atomic E-state index is 13.0. The Morgan fingerprint density at radius 1 is 0.902 bits per heavy atom. The first-order chi connectivity index (χ1) is 19.5. The molecule has 3 aromatic rings. The first kappa shape index (κ1) is 29.7. The van der Waals surface area contributed by atoms with Crippen molar-refractivity contribution in [3.63, 3.8) is 0 Å². The Bertz CT molecular complexity index is 1440. The van der Waals surface area contributed by atoms with Crippen LogP contribution in [0.1, 0.15) is 44.4 Å². The fourth-order valence-corrected chi connectivity index (χ4v) is 4.90. The fourth-order valence-electron chi connectivity index (χ4n) is 4.06. The van der Waals surface area contributed by atoms with Gasteiger partial charge in [-0.05, 0) is 71.1 Å². The van der Waals surface area contributed by atoms with Crippen LogP contribution in [-0.2, 0) is 16.8 Å². The molecule has 214 valence electrons. The summed E-state index contributed by atoms with van der Waals surface area (Å²) in [6.07, 6.45) is 1.64. The molecule has 1 aliphatic rings. The van der Waals surface area contributed by atoms with Crippen molar-refractivity contribution in [2.24, 2.45) is 0 Å². The summed E-state index contributed by atoms with van der Waals surface area (Å²) in [5.41, 5.74) is 2.55. The van der Waals surface area contributed by atoms with Crippen LogP contribution in [0.4, 0.5) is 10.5 Å². The summed E-state index contributed by atoms with van der Waals surface area (Å²) in [4.78, 5) is 37.3. The van der Waals surface area contributed by atoms with Crippen molar-refractivity contribution in [1.29, 1.82) is 0 Å². The number of ether oxygens (including phenoxy) is 3. The summed E-state index contributed by atoms with van der Waals surface area (Å²) >= 11 is 0.846. The van der Waals surface area contributed by atoms with Crippen LogP contribution in [0.5, 0.6) is 17.2 Å². The smallest absolute Gasteiger partial charge is 0.293 e. The maximum Gasteiger partial charge on any atom is 0.293 e. The minimum absolute atomic E-state index is 0.0276. The van der Waals surface area contributed by atoms with Gasteiger partial charge in [0.1, 0.15) is 19.0 Å². The summed E-state index contributed by atoms with van der Waals surface area (Å²) in [6, 6.07) is 19.1. The number of carbonyl (C=O) groups is 2. The number of amides is 2. The van der Waals surface area contributed by atoms with E-state index in [4.69, 9.17) is 14.2 Å². The zero-order valence-electron chi connectivity index (χ0n) is 23.4. The summed E-state index contributed by atoms with van der Waals surface area (Å²) in [6.45, 7) is 9.46. The molecule has 4 rings (SSSR count). The summed E-state index contributed by atoms with van der Waals surface area (Å²) in [7, 11) is 0. The van der Waals surface area contributed by atoms with Crippen LogP contribution in [0.2, 0.25) is 0 Å². The van der Waals surface area contributed by atoms with Gasteiger partial charge in [0.05, 0.1) is 23.0 Å². The van der Waals surface area contributed by atoms with Gasteiger partial charge in [-0.2, -0.15) is 0 Å². The average molecular weight is 577 g/mol. The van der Waals surface area contributed by atoms with Gasteiger partial charge < -0.3 is 14.2 Å². The third-order valence-electron chi connectivity index (χ3n) is 6.26. The zero-order valence-corrected chi connectivity index (χ0v) is 24.2. The maximum atomic E-state index is 13.0. The second kappa shape index (κ2) is 12.9. The number of non-ortho nitro benzene ring substituents is 1. The van der Waals surface area contributed by atoms with Crippen LogP contribution in [0.15, 0.2) is 71.6 Å². The summed E-state index contributed by atoms with van der Waals surface area (Å²) in [5, 5.41) is 10.5. The Morgan fingerprint density at radius 2 is 1.59 bits per heavy atom. The normalized spacial score (nSPS) is 14.4. The van der Waals surface area contributed by atoms with E-state index >= 15 is 0 Å². The largest absolute Gasteiger partial charge is 0.490 e. The molecule has 0 N–H and O–H groups in total. The Kier molecular flexibility index (Phi) is 9.34. The second-order valence-electron chi connectivity index (χ2n) is 10.3. The lowest BCUT2D eigenvalue weighted by Crippen LogP contribution is -2.27. The fraction of sp³-hybridized carbons (Fsp3) is 0.290. The Labute approximate surface area is 243 Å². The van der Waals surface area contributed by atoms with Gasteiger partial charge in [-0.1, -0.05) is 51.1 Å². The third-order valence-corrected chi connectivity index (χ3v) is 7.16. The van der Waals surface area contributed by atoms with Crippen molar-refractivity contribution < 1.29 is 28.7 Å². The lowest BCUT2D eigenvalue weighted by Gasteiger charge is -2.19. The van der Waals surface area contributed by atoms with E-state index in [-0.39, 0.29) is 22.6 Å². The number of nitro groups is 1. The van der Waals surface area contributed by atoms with Crippen molar-refractivity contribution in [3.8, 4) is 17.2 Å². The van der Waals surface area contributed by atoms with Crippen LogP contribution in [0.25, 0.3) is 6.08 Å². The SMILES string of the molecule is CCOc1cc(/C=C2\SC(=O)N(Cc3ccc([N+](=O)[O-])cc3)C2=O)ccc1OCCOc1ccc(C(C)(C)C)cc1. The van der Waals surface area contributed by atoms with E-state index in [0.717, 1.165) is 22.4 Å². The van der Waals surface area contributed by atoms with E-state index in [9.17, 15) is 19.7 Å². The first-order valence-electron chi connectivity index (χ1n) is 13.2. The number of carbonyl (C=O) groups excluding carboxylic acids is 2. The van der Waals surface area contributed by atoms with Gasteiger partial charge in [-0.15, -0.1) is 0 Å². The molecule has 1 saturated heterocycles. The van der Waals surface area contributed by atoms with Crippen molar-refractivity contribution in [2.45, 2.75) is 39.7 Å². The van der Waals surface area contributed by atoms with Gasteiger partial charge in [0.2, 0.25) is 0 Å². The molecule has 0 unspecified atom stereocenters. The minimum Gasteiger partial charge on any atom is -0.490 e. The molecule has 2 amide bonds. The van der Waals surface area contributed by atoms with Gasteiger partial charge in [-0.3, -0.25) is 24.6 Å². The Morgan fingerprint density at radius 3 is 2.22 bits per heavy atom. The number of rotatable bonds is 11. The van der Waals surface area contributed by atoms with Crippen LogP contribution in [0, 0.1) is 10.1 Å². The predicted molar refractivity (Wildman–Crippen MR) is 158 cm³/mol. The van der Waals surface area contributed by atoms with Gasteiger partial charge >= 0.3 is 0 Å². The molecular formula is C31H32N2O7S. The van der Waals surface area contributed by atoms with Crippen molar-refractivity contribution in [1.82, 2.24) is 4.90 Å². The third kappa shape index (κ3) is 7.67. The lowest BCUT2D eigenvalue weighted by molar-refractivity contribution is -0.384. The van der Waals surface area contributed by atoms with E-state index in [1.165, 1.54) is 29.8 Å². The van der Waals surface area contributed by atoms with Crippen molar-refractivity contribution >= 4 is 34.7 Å². The Balaban J connectivity index is 1.37. The van der Waals surface area contributed by atoms with Crippen LogP contribution < -0.4 is 14.2 Å². The Hall–Kier alpha value is -4.31. The molecule has 41 heavy (non-hydrogen) atoms. The molecule has 0 spiro atoms. The van der Waals surface area contributed by atoms with E-state index in [1.807, 2.05) is 19.1 Å². The number of benzene rings is 3. The highest BCUT2D eigenvalue weighted by Crippen LogP contribution is 2.35. The van der Waals surface area contributed by atoms with E-state index in [0.29, 0.717) is 42.4 Å². The minimum atomic E-state index is -0.500. The highest BCUT2D eigenvalue weighted by Gasteiger charge is 2.35. The van der Waals surface area contributed by atoms with Gasteiger partial charge in [-0.25, -0.2) is 0 Å². The highest BCUT2D eigenvalue weighted by atomic mass is 32.2. The molecule has 0 radical (unpaired) electrons. The lowest BCUT2D eigenvalue weighted by atomic mass is 9.87. The van der Waals surface area contributed by atoms with Crippen LogP contribution in [-0.4, -0.2) is 40.8 Å². The van der Waals surface area contributed by atoms with E-state index in [2.05, 4.69) is 32.9 Å². The molecule has 0 aromatic heterocycles. The molecule has 9 nitrogen and oxygen atoms in total. The van der Waals surface area contributed by atoms with Gasteiger partial charge in [0.25, 0.3) is 16.8 Å². The number of hydrogen-bond donors (Lipinski definition) is 0. The van der Waals surface area contributed by atoms with Crippen LogP contribution in [0.3, 0.4) is 0 Å². The average Bonchev–Trinajstić information content (AvgIpc) is 3.19. The number of nitro benzene ring substituents is 1.